The average Bonchev–Trinajstić information content (AvgIpc) is 1.36. The van der Waals surface area contributed by atoms with Crippen molar-refractivity contribution in [2.45, 2.75) is 13.0 Å². The number of aliphatic carboxylic acids is 1. The van der Waals surface area contributed by atoms with Gasteiger partial charge in [0.15, 0.2) is 0 Å². The molecule has 2 N–H and O–H groups in total. The van der Waals surface area contributed by atoms with Crippen molar-refractivity contribution < 1.29 is 70.8 Å². The maximum atomic E-state index is 9.45. The van der Waals surface area contributed by atoms with E-state index in [0.29, 0.717) is 0 Å². The van der Waals surface area contributed by atoms with E-state index in [0.717, 1.165) is 0 Å². The van der Waals surface area contributed by atoms with Gasteiger partial charge in [-0.25, -0.2) is 4.79 Å². The molecular weight excluding hydrogens is 241 g/mol. The van der Waals surface area contributed by atoms with Crippen molar-refractivity contribution >= 4 is 5.97 Å². The molecule has 0 heterocycles. The van der Waals surface area contributed by atoms with Crippen molar-refractivity contribution in [1.82, 2.24) is 0 Å². The first-order valence-electron chi connectivity index (χ1n) is 1.55. The minimum Gasteiger partial charge on any atom is -1.00 e. The Morgan fingerprint density at radius 3 is 1.40 bits per heavy atom. The van der Waals surface area contributed by atoms with Crippen LogP contribution in [0.5, 0.6) is 0 Å². The van der Waals surface area contributed by atoms with E-state index in [2.05, 4.69) is 0 Å². The van der Waals surface area contributed by atoms with Gasteiger partial charge in [-0.05, 0) is 6.92 Å². The molecule has 0 aliphatic heterocycles. The summed E-state index contributed by atoms with van der Waals surface area (Å²) in [5.74, 6) is -1.19. The second-order valence-corrected chi connectivity index (χ2v) is 1.01. The van der Waals surface area contributed by atoms with Crippen molar-refractivity contribution in [3.63, 3.8) is 0 Å². The standard InChI is InChI=1S/C3H6O3.3ClH.V/c1-2(4)3(5)6;;;;/h2,4H,1H3,(H,5,6);3*1H;/p-3. The second kappa shape index (κ2) is 16.5. The van der Waals surface area contributed by atoms with Crippen molar-refractivity contribution in [2.24, 2.45) is 0 Å². The zero-order chi connectivity index (χ0) is 5.15. The summed E-state index contributed by atoms with van der Waals surface area (Å²) in [5.41, 5.74) is 0. The van der Waals surface area contributed by atoms with Gasteiger partial charge in [-0.3, -0.25) is 0 Å². The number of halogens is 3. The normalized spacial score (nSPS) is 8.20. The van der Waals surface area contributed by atoms with Gasteiger partial charge in [-0.1, -0.05) is 0 Å². The Morgan fingerprint density at radius 1 is 1.30 bits per heavy atom. The third kappa shape index (κ3) is 23.1. The van der Waals surface area contributed by atoms with Crippen molar-refractivity contribution in [1.29, 1.82) is 0 Å². The number of aliphatic hydroxyl groups is 1. The number of carboxylic acids is 1. The van der Waals surface area contributed by atoms with E-state index in [1.165, 1.54) is 6.92 Å². The molecule has 1 radical (unpaired) electrons. The molecule has 0 aliphatic carbocycles. The maximum absolute atomic E-state index is 9.45. The summed E-state index contributed by atoms with van der Waals surface area (Å²) in [6.07, 6.45) is -1.23. The Hall–Kier alpha value is 0.884. The smallest absolute Gasteiger partial charge is 0.332 e. The van der Waals surface area contributed by atoms with E-state index < -0.39 is 12.1 Å². The van der Waals surface area contributed by atoms with Crippen LogP contribution < -0.4 is 37.2 Å². The van der Waals surface area contributed by atoms with Crippen LogP contribution in [0.3, 0.4) is 0 Å². The fourth-order valence-corrected chi connectivity index (χ4v) is 0. The number of hydrogen-bond donors (Lipinski definition) is 2. The third-order valence-corrected chi connectivity index (χ3v) is 0.357. The molecule has 0 rings (SSSR count). The SMILES string of the molecule is CC(O)C(=O)O.[Cl-].[Cl-].[Cl-].[V]. The van der Waals surface area contributed by atoms with Gasteiger partial charge in [0.05, 0.1) is 0 Å². The quantitative estimate of drug-likeness (QED) is 0.484. The summed E-state index contributed by atoms with van der Waals surface area (Å²) in [6, 6.07) is 0. The Balaban J connectivity index is -0.0000000208. The molecule has 0 aromatic rings. The Bertz CT molecular complexity index is 70.0. The zero-order valence-electron chi connectivity index (χ0n) is 4.96. The van der Waals surface area contributed by atoms with Crippen LogP contribution in [0.15, 0.2) is 0 Å². The van der Waals surface area contributed by atoms with Gasteiger partial charge in [-0.15, -0.1) is 0 Å². The summed E-state index contributed by atoms with van der Waals surface area (Å²) in [5, 5.41) is 15.8. The number of carboxylic acid groups (broad SMARTS) is 1. The van der Waals surface area contributed by atoms with E-state index >= 15 is 0 Å². The number of aliphatic hydroxyl groups excluding tert-OH is 1. The predicted octanol–water partition coefficient (Wildman–Crippen LogP) is -9.54. The molecule has 3 nitrogen and oxygen atoms in total. The van der Waals surface area contributed by atoms with E-state index in [-0.39, 0.29) is 55.8 Å². The van der Waals surface area contributed by atoms with E-state index in [1.807, 2.05) is 0 Å². The fourth-order valence-electron chi connectivity index (χ4n) is 0. The van der Waals surface area contributed by atoms with Gasteiger partial charge in [0.2, 0.25) is 0 Å². The van der Waals surface area contributed by atoms with Crippen LogP contribution in [-0.2, 0) is 23.4 Å². The maximum Gasteiger partial charge on any atom is 0.332 e. The molecule has 10 heavy (non-hydrogen) atoms. The monoisotopic (exact) mass is 246 g/mol. The molecule has 0 saturated heterocycles. The third-order valence-electron chi connectivity index (χ3n) is 0.357. The molecule has 0 aromatic carbocycles. The molecule has 0 aliphatic rings. The number of hydrogen-bond acceptors (Lipinski definition) is 2. The van der Waals surface area contributed by atoms with Crippen LogP contribution in [0, 0.1) is 0 Å². The molecule has 0 aromatic heterocycles. The van der Waals surface area contributed by atoms with E-state index in [1.54, 1.807) is 0 Å². The molecule has 1 atom stereocenters. The average molecular weight is 247 g/mol. The van der Waals surface area contributed by atoms with Crippen molar-refractivity contribution in [3.05, 3.63) is 0 Å². The molecule has 0 saturated carbocycles. The zero-order valence-corrected chi connectivity index (χ0v) is 8.63. The van der Waals surface area contributed by atoms with Crippen molar-refractivity contribution in [2.75, 3.05) is 0 Å². The predicted molar refractivity (Wildman–Crippen MR) is 19.3 cm³/mol. The molecule has 65 valence electrons. The first kappa shape index (κ1) is 30.7. The molecule has 0 spiro atoms. The summed E-state index contributed by atoms with van der Waals surface area (Å²) >= 11 is 0. The van der Waals surface area contributed by atoms with Crippen LogP contribution in [-0.4, -0.2) is 22.3 Å². The first-order chi connectivity index (χ1) is 2.64. The van der Waals surface area contributed by atoms with Crippen LogP contribution >= 0.6 is 0 Å². The summed E-state index contributed by atoms with van der Waals surface area (Å²) in [6.45, 7) is 1.20. The minimum absolute atomic E-state index is 0. The second-order valence-electron chi connectivity index (χ2n) is 1.01. The number of carbonyl (C=O) groups is 1. The molecule has 0 amide bonds. The Kier molecular flexibility index (Phi) is 50.6. The molecule has 7 heteroatoms. The van der Waals surface area contributed by atoms with Crippen LogP contribution in [0.2, 0.25) is 0 Å². The first-order valence-corrected chi connectivity index (χ1v) is 1.55. The Morgan fingerprint density at radius 2 is 1.40 bits per heavy atom. The summed E-state index contributed by atoms with van der Waals surface area (Å²) in [4.78, 5) is 9.45. The molecular formula is C3H6Cl3O3V-3. The fraction of sp³-hybridized carbons (Fsp3) is 0.667. The van der Waals surface area contributed by atoms with Gasteiger partial charge in [-0.2, -0.15) is 0 Å². The minimum atomic E-state index is -1.23. The van der Waals surface area contributed by atoms with Gasteiger partial charge in [0.1, 0.15) is 6.10 Å². The Labute approximate surface area is 89.7 Å². The van der Waals surface area contributed by atoms with Crippen LogP contribution in [0.25, 0.3) is 0 Å². The van der Waals surface area contributed by atoms with Crippen molar-refractivity contribution in [3.8, 4) is 0 Å². The van der Waals surface area contributed by atoms with Gasteiger partial charge >= 0.3 is 5.97 Å². The summed E-state index contributed by atoms with van der Waals surface area (Å²) < 4.78 is 0. The van der Waals surface area contributed by atoms with Gasteiger partial charge in [0.25, 0.3) is 0 Å². The van der Waals surface area contributed by atoms with Crippen LogP contribution in [0.4, 0.5) is 0 Å². The van der Waals surface area contributed by atoms with E-state index in [9.17, 15) is 4.79 Å². The molecule has 0 fully saturated rings. The molecule has 0 bridgehead atoms. The summed E-state index contributed by atoms with van der Waals surface area (Å²) in [7, 11) is 0. The van der Waals surface area contributed by atoms with E-state index in [4.69, 9.17) is 10.2 Å². The largest absolute Gasteiger partial charge is 1.00 e. The van der Waals surface area contributed by atoms with Gasteiger partial charge < -0.3 is 47.4 Å². The topological polar surface area (TPSA) is 57.5 Å². The molecule has 1 unspecified atom stereocenters. The van der Waals surface area contributed by atoms with Gasteiger partial charge in [0, 0.05) is 18.6 Å². The number of rotatable bonds is 1. The van der Waals surface area contributed by atoms with Crippen LogP contribution in [0.1, 0.15) is 6.92 Å².